The van der Waals surface area contributed by atoms with Gasteiger partial charge in [-0.15, -0.1) is 0 Å². The minimum atomic E-state index is -4.43. The van der Waals surface area contributed by atoms with Crippen LogP contribution in [-0.2, 0) is 9.59 Å². The van der Waals surface area contributed by atoms with Crippen LogP contribution in [-0.4, -0.2) is 67.6 Å². The molecular weight excluding hydrogens is 263 g/mol. The molecule has 5 nitrogen and oxygen atoms in total. The molecule has 0 saturated heterocycles. The fourth-order valence-electron chi connectivity index (χ4n) is 1.46. The molecule has 19 heavy (non-hydrogen) atoms. The molecule has 0 bridgehead atoms. The van der Waals surface area contributed by atoms with Crippen molar-refractivity contribution in [1.29, 1.82) is 0 Å². The molecule has 0 aliphatic rings. The lowest BCUT2D eigenvalue weighted by Crippen LogP contribution is -2.44. The van der Waals surface area contributed by atoms with Crippen molar-refractivity contribution in [2.45, 2.75) is 20.0 Å². The van der Waals surface area contributed by atoms with Crippen molar-refractivity contribution < 1.29 is 22.8 Å². The minimum Gasteiger partial charge on any atom is -0.346 e. The molecule has 0 unspecified atom stereocenters. The Balaban J connectivity index is 4.07. The van der Waals surface area contributed by atoms with Gasteiger partial charge in [0.1, 0.15) is 6.54 Å². The van der Waals surface area contributed by atoms with Crippen LogP contribution in [0.25, 0.3) is 0 Å². The van der Waals surface area contributed by atoms with Gasteiger partial charge < -0.3 is 10.2 Å². The van der Waals surface area contributed by atoms with E-state index in [0.29, 0.717) is 13.1 Å². The van der Waals surface area contributed by atoms with Gasteiger partial charge in [0.2, 0.25) is 11.8 Å². The van der Waals surface area contributed by atoms with E-state index in [1.165, 1.54) is 11.9 Å². The summed E-state index contributed by atoms with van der Waals surface area (Å²) in [5.74, 6) is -0.914. The Kier molecular flexibility index (Phi) is 7.43. The fourth-order valence-corrected chi connectivity index (χ4v) is 1.46. The molecule has 0 saturated carbocycles. The van der Waals surface area contributed by atoms with E-state index in [9.17, 15) is 22.8 Å². The number of carbonyl (C=O) groups excluding carboxylic acids is 2. The van der Waals surface area contributed by atoms with Gasteiger partial charge in [-0.2, -0.15) is 13.2 Å². The number of carbonyl (C=O) groups is 2. The van der Waals surface area contributed by atoms with Gasteiger partial charge in [-0.3, -0.25) is 14.5 Å². The summed E-state index contributed by atoms with van der Waals surface area (Å²) >= 11 is 0. The van der Waals surface area contributed by atoms with Crippen LogP contribution >= 0.6 is 0 Å². The monoisotopic (exact) mass is 283 g/mol. The molecule has 0 aliphatic carbocycles. The molecule has 0 spiro atoms. The van der Waals surface area contributed by atoms with Crippen LogP contribution < -0.4 is 5.32 Å². The molecule has 8 heteroatoms. The Morgan fingerprint density at radius 1 is 1.11 bits per heavy atom. The first-order valence-corrected chi connectivity index (χ1v) is 5.99. The number of hydrogen-bond donors (Lipinski definition) is 1. The number of likely N-dealkylation sites (N-methyl/N-ethyl adjacent to an activating group) is 2. The SMILES string of the molecule is CCN(CC)C(=O)CN(C)CC(=O)NCC(F)(F)F. The Hall–Kier alpha value is -1.31. The predicted molar refractivity (Wildman–Crippen MR) is 64.5 cm³/mol. The maximum absolute atomic E-state index is 11.9. The Morgan fingerprint density at radius 2 is 1.63 bits per heavy atom. The van der Waals surface area contributed by atoms with E-state index in [4.69, 9.17) is 0 Å². The Labute approximate surface area is 110 Å². The van der Waals surface area contributed by atoms with Gasteiger partial charge in [0.25, 0.3) is 0 Å². The Morgan fingerprint density at radius 3 is 2.05 bits per heavy atom. The number of nitrogens with one attached hydrogen (secondary N) is 1. The molecule has 112 valence electrons. The molecule has 0 atom stereocenters. The standard InChI is InChI=1S/C11H20F3N3O2/c1-4-17(5-2)10(19)7-16(3)6-9(18)15-8-11(12,13)14/h4-8H2,1-3H3,(H,15,18). The molecule has 0 radical (unpaired) electrons. The third-order valence-corrected chi connectivity index (χ3v) is 2.42. The van der Waals surface area contributed by atoms with E-state index in [-0.39, 0.29) is 19.0 Å². The van der Waals surface area contributed by atoms with Crippen molar-refractivity contribution in [2.75, 3.05) is 39.8 Å². The average molecular weight is 283 g/mol. The first-order valence-electron chi connectivity index (χ1n) is 5.99. The lowest BCUT2D eigenvalue weighted by molar-refractivity contribution is -0.139. The predicted octanol–water partition coefficient (Wildman–Crippen LogP) is 0.465. The van der Waals surface area contributed by atoms with Crippen LogP contribution in [0, 0.1) is 0 Å². The van der Waals surface area contributed by atoms with Gasteiger partial charge in [-0.25, -0.2) is 0 Å². The zero-order chi connectivity index (χ0) is 15.1. The van der Waals surface area contributed by atoms with Crippen molar-refractivity contribution >= 4 is 11.8 Å². The van der Waals surface area contributed by atoms with Gasteiger partial charge in [-0.05, 0) is 20.9 Å². The van der Waals surface area contributed by atoms with Gasteiger partial charge >= 0.3 is 6.18 Å². The second-order valence-corrected chi connectivity index (χ2v) is 4.13. The van der Waals surface area contributed by atoms with Crippen LogP contribution in [0.15, 0.2) is 0 Å². The van der Waals surface area contributed by atoms with Crippen molar-refractivity contribution in [2.24, 2.45) is 0 Å². The van der Waals surface area contributed by atoms with Gasteiger partial charge in [0.05, 0.1) is 13.1 Å². The molecule has 0 aliphatic heterocycles. The average Bonchev–Trinajstić information content (AvgIpc) is 2.26. The van der Waals surface area contributed by atoms with Crippen molar-refractivity contribution in [1.82, 2.24) is 15.1 Å². The first kappa shape index (κ1) is 17.7. The lowest BCUT2D eigenvalue weighted by Gasteiger charge is -2.22. The van der Waals surface area contributed by atoms with E-state index in [1.54, 1.807) is 10.2 Å². The summed E-state index contributed by atoms with van der Waals surface area (Å²) in [6.07, 6.45) is -4.43. The van der Waals surface area contributed by atoms with E-state index in [1.807, 2.05) is 13.8 Å². The number of hydrogen-bond acceptors (Lipinski definition) is 3. The first-order chi connectivity index (χ1) is 8.69. The van der Waals surface area contributed by atoms with Crippen LogP contribution in [0.5, 0.6) is 0 Å². The van der Waals surface area contributed by atoms with Crippen LogP contribution in [0.1, 0.15) is 13.8 Å². The van der Waals surface area contributed by atoms with E-state index in [0.717, 1.165) is 0 Å². The summed E-state index contributed by atoms with van der Waals surface area (Å²) in [4.78, 5) is 25.9. The molecule has 2 amide bonds. The minimum absolute atomic E-state index is 0.00111. The maximum atomic E-state index is 11.9. The number of halogens is 3. The highest BCUT2D eigenvalue weighted by atomic mass is 19.4. The summed E-state index contributed by atoms with van der Waals surface area (Å²) < 4.78 is 35.6. The van der Waals surface area contributed by atoms with Crippen molar-refractivity contribution in [3.05, 3.63) is 0 Å². The van der Waals surface area contributed by atoms with Crippen molar-refractivity contribution in [3.63, 3.8) is 0 Å². The zero-order valence-electron chi connectivity index (χ0n) is 11.4. The van der Waals surface area contributed by atoms with E-state index in [2.05, 4.69) is 0 Å². The third kappa shape index (κ3) is 8.41. The quantitative estimate of drug-likeness (QED) is 0.739. The smallest absolute Gasteiger partial charge is 0.346 e. The number of rotatable bonds is 7. The summed E-state index contributed by atoms with van der Waals surface area (Å²) in [5, 5.41) is 1.75. The highest BCUT2D eigenvalue weighted by molar-refractivity contribution is 5.81. The third-order valence-electron chi connectivity index (χ3n) is 2.42. The number of amides is 2. The van der Waals surface area contributed by atoms with Crippen LogP contribution in [0.4, 0.5) is 13.2 Å². The lowest BCUT2D eigenvalue weighted by atomic mass is 10.4. The normalized spacial score (nSPS) is 11.5. The summed E-state index contributed by atoms with van der Waals surface area (Å²) in [7, 11) is 1.51. The summed E-state index contributed by atoms with van der Waals surface area (Å²) in [6, 6.07) is 0. The van der Waals surface area contributed by atoms with E-state index >= 15 is 0 Å². The maximum Gasteiger partial charge on any atom is 0.405 e. The summed E-state index contributed by atoms with van der Waals surface area (Å²) in [5.41, 5.74) is 0. The second kappa shape index (κ2) is 7.98. The fraction of sp³-hybridized carbons (Fsp3) is 0.818. The molecule has 0 fully saturated rings. The summed E-state index contributed by atoms with van der Waals surface area (Å²) in [6.45, 7) is 3.18. The molecule has 0 aromatic heterocycles. The highest BCUT2D eigenvalue weighted by Gasteiger charge is 2.27. The number of alkyl halides is 3. The van der Waals surface area contributed by atoms with Crippen LogP contribution in [0.2, 0.25) is 0 Å². The number of nitrogens with zero attached hydrogens (tertiary/aromatic N) is 2. The van der Waals surface area contributed by atoms with Crippen LogP contribution in [0.3, 0.4) is 0 Å². The molecule has 1 N–H and O–H groups in total. The molecule has 0 aromatic carbocycles. The second-order valence-electron chi connectivity index (χ2n) is 4.13. The van der Waals surface area contributed by atoms with Gasteiger partial charge in [0, 0.05) is 13.1 Å². The van der Waals surface area contributed by atoms with E-state index < -0.39 is 18.6 Å². The molecule has 0 heterocycles. The molecule has 0 rings (SSSR count). The Bertz CT molecular complexity index is 304. The van der Waals surface area contributed by atoms with Gasteiger partial charge in [0.15, 0.2) is 0 Å². The topological polar surface area (TPSA) is 52.7 Å². The zero-order valence-corrected chi connectivity index (χ0v) is 11.4. The molecule has 0 aromatic rings. The highest BCUT2D eigenvalue weighted by Crippen LogP contribution is 2.11. The molecular formula is C11H20F3N3O2. The van der Waals surface area contributed by atoms with Crippen molar-refractivity contribution in [3.8, 4) is 0 Å². The van der Waals surface area contributed by atoms with Gasteiger partial charge in [-0.1, -0.05) is 0 Å². The largest absolute Gasteiger partial charge is 0.405 e.